The highest BCUT2D eigenvalue weighted by atomic mass is 35.5. The predicted octanol–water partition coefficient (Wildman–Crippen LogP) is 5.24. The highest BCUT2D eigenvalue weighted by Crippen LogP contribution is 2.45. The Hall–Kier alpha value is -4.21. The highest BCUT2D eigenvalue weighted by Gasteiger charge is 2.48. The molecule has 178 valence electrons. The van der Waals surface area contributed by atoms with Gasteiger partial charge in [-0.2, -0.15) is 0 Å². The van der Waals surface area contributed by atoms with Gasteiger partial charge in [0.05, 0.1) is 27.5 Å². The van der Waals surface area contributed by atoms with Crippen molar-refractivity contribution in [2.24, 2.45) is 0 Å². The van der Waals surface area contributed by atoms with Crippen LogP contribution >= 0.6 is 22.9 Å². The van der Waals surface area contributed by atoms with Crippen LogP contribution in [-0.4, -0.2) is 36.3 Å². The number of thiazole rings is 1. The molecular weight excluding hydrogens is 500 g/mol. The summed E-state index contributed by atoms with van der Waals surface area (Å²) >= 11 is 7.34. The Kier molecular flexibility index (Phi) is 5.06. The minimum atomic E-state index is -1.03. The number of aromatic hydroxyl groups is 1. The molecule has 1 unspecified atom stereocenters. The Morgan fingerprint density at radius 2 is 1.89 bits per heavy atom. The molecule has 2 N–H and O–H groups in total. The molecule has 0 radical (unpaired) electrons. The van der Waals surface area contributed by atoms with E-state index in [-0.39, 0.29) is 22.2 Å². The van der Waals surface area contributed by atoms with E-state index < -0.39 is 17.7 Å². The van der Waals surface area contributed by atoms with Gasteiger partial charge in [-0.05, 0) is 55.0 Å². The Morgan fingerprint density at radius 1 is 1.06 bits per heavy atom. The lowest BCUT2D eigenvalue weighted by atomic mass is 9.96. The van der Waals surface area contributed by atoms with Gasteiger partial charge in [-0.25, -0.2) is 9.97 Å². The van der Waals surface area contributed by atoms with Crippen molar-refractivity contribution < 1.29 is 19.8 Å². The molecule has 0 aliphatic carbocycles. The third-order valence-electron chi connectivity index (χ3n) is 6.10. The number of amides is 1. The number of anilines is 1. The summed E-state index contributed by atoms with van der Waals surface area (Å²) in [5.74, 6) is -2.09. The number of carbonyl (C=O) groups is 2. The van der Waals surface area contributed by atoms with E-state index in [2.05, 4.69) is 9.97 Å². The van der Waals surface area contributed by atoms with E-state index in [9.17, 15) is 19.8 Å². The van der Waals surface area contributed by atoms with E-state index in [0.29, 0.717) is 33.1 Å². The number of phenols is 1. The van der Waals surface area contributed by atoms with Crippen LogP contribution in [0.4, 0.5) is 5.13 Å². The van der Waals surface area contributed by atoms with E-state index in [1.807, 2.05) is 6.07 Å². The number of carbonyl (C=O) groups excluding carboxylic acids is 2. The highest BCUT2D eigenvalue weighted by molar-refractivity contribution is 7.22. The maximum absolute atomic E-state index is 13.5. The van der Waals surface area contributed by atoms with Gasteiger partial charge in [0.2, 0.25) is 0 Å². The third-order valence-corrected chi connectivity index (χ3v) is 7.36. The van der Waals surface area contributed by atoms with E-state index in [1.165, 1.54) is 28.4 Å². The van der Waals surface area contributed by atoms with Gasteiger partial charge in [0, 0.05) is 11.2 Å². The summed E-state index contributed by atoms with van der Waals surface area (Å²) in [5.41, 5.74) is 2.34. The largest absolute Gasteiger partial charge is 0.508 e. The average Bonchev–Trinajstić information content (AvgIpc) is 3.49. The number of pyridine rings is 1. The summed E-state index contributed by atoms with van der Waals surface area (Å²) in [6.45, 7) is 1.72. The summed E-state index contributed by atoms with van der Waals surface area (Å²) in [6, 6.07) is 15.8. The number of aryl methyl sites for hydroxylation is 1. The molecule has 3 aromatic heterocycles. The molecule has 5 aromatic rings. The van der Waals surface area contributed by atoms with Crippen LogP contribution in [-0.2, 0) is 9.59 Å². The predicted molar refractivity (Wildman–Crippen MR) is 137 cm³/mol. The number of Topliss-reactive ketones (excluding diaryl/α,β-unsaturated/α-hetero) is 1. The second-order valence-corrected chi connectivity index (χ2v) is 9.79. The SMILES string of the molecule is Cc1nc2ccccn2c1C(O)=C1C(=O)C(=O)N(c2nc3ccc(Cl)cc3s2)C1c1cccc(O)c1. The van der Waals surface area contributed by atoms with Crippen LogP contribution in [0.1, 0.15) is 23.0 Å². The molecule has 36 heavy (non-hydrogen) atoms. The number of aliphatic hydroxyl groups excluding tert-OH is 1. The van der Waals surface area contributed by atoms with Crippen LogP contribution in [0, 0.1) is 6.92 Å². The van der Waals surface area contributed by atoms with Crippen molar-refractivity contribution in [1.29, 1.82) is 0 Å². The molecule has 8 nitrogen and oxygen atoms in total. The zero-order chi connectivity index (χ0) is 25.1. The molecule has 1 aliphatic heterocycles. The number of ketones is 1. The fourth-order valence-electron chi connectivity index (χ4n) is 4.56. The molecule has 0 bridgehead atoms. The van der Waals surface area contributed by atoms with E-state index in [1.54, 1.807) is 60.0 Å². The lowest BCUT2D eigenvalue weighted by molar-refractivity contribution is -0.132. The van der Waals surface area contributed by atoms with Crippen LogP contribution in [0.3, 0.4) is 0 Å². The monoisotopic (exact) mass is 516 g/mol. The van der Waals surface area contributed by atoms with E-state index >= 15 is 0 Å². The fraction of sp³-hybridized carbons (Fsp3) is 0.0769. The number of aliphatic hydroxyl groups is 1. The summed E-state index contributed by atoms with van der Waals surface area (Å²) in [6.07, 6.45) is 1.72. The number of rotatable bonds is 3. The molecule has 1 aliphatic rings. The third kappa shape index (κ3) is 3.35. The molecule has 4 heterocycles. The molecule has 1 amide bonds. The number of aromatic nitrogens is 3. The first-order valence-corrected chi connectivity index (χ1v) is 12.1. The van der Waals surface area contributed by atoms with Crippen molar-refractivity contribution in [3.05, 3.63) is 94.4 Å². The Morgan fingerprint density at radius 3 is 2.69 bits per heavy atom. The molecule has 2 aromatic carbocycles. The number of halogens is 1. The minimum Gasteiger partial charge on any atom is -0.508 e. The van der Waals surface area contributed by atoms with Gasteiger partial charge in [0.25, 0.3) is 5.78 Å². The Labute approximate surface area is 213 Å². The molecule has 1 atom stereocenters. The summed E-state index contributed by atoms with van der Waals surface area (Å²) in [7, 11) is 0. The van der Waals surface area contributed by atoms with Gasteiger partial charge < -0.3 is 10.2 Å². The summed E-state index contributed by atoms with van der Waals surface area (Å²) in [5, 5.41) is 22.5. The summed E-state index contributed by atoms with van der Waals surface area (Å²) in [4.78, 5) is 37.2. The van der Waals surface area contributed by atoms with Crippen LogP contribution in [0.25, 0.3) is 21.6 Å². The molecule has 1 saturated heterocycles. The first kappa shape index (κ1) is 22.3. The van der Waals surface area contributed by atoms with Crippen LogP contribution in [0.5, 0.6) is 5.75 Å². The van der Waals surface area contributed by atoms with E-state index in [0.717, 1.165) is 4.70 Å². The zero-order valence-corrected chi connectivity index (χ0v) is 20.3. The maximum Gasteiger partial charge on any atom is 0.301 e. The normalized spacial score (nSPS) is 17.5. The number of phenolic OH excluding ortho intramolecular Hbond substituents is 1. The van der Waals surface area contributed by atoms with Crippen LogP contribution in [0.2, 0.25) is 5.02 Å². The van der Waals surface area contributed by atoms with Crippen molar-refractivity contribution in [2.75, 3.05) is 4.90 Å². The number of hydrogen-bond acceptors (Lipinski definition) is 7. The number of hydrogen-bond donors (Lipinski definition) is 2. The van der Waals surface area contributed by atoms with Crippen LogP contribution < -0.4 is 4.90 Å². The topological polar surface area (TPSA) is 108 Å². The Bertz CT molecular complexity index is 1760. The van der Waals surface area contributed by atoms with Crippen molar-refractivity contribution in [1.82, 2.24) is 14.4 Å². The number of fused-ring (bicyclic) bond motifs is 2. The number of nitrogens with zero attached hydrogens (tertiary/aromatic N) is 4. The van der Waals surface area contributed by atoms with Crippen molar-refractivity contribution in [2.45, 2.75) is 13.0 Å². The smallest absolute Gasteiger partial charge is 0.301 e. The minimum absolute atomic E-state index is 0.0415. The first-order valence-electron chi connectivity index (χ1n) is 10.9. The first-order chi connectivity index (χ1) is 17.3. The van der Waals surface area contributed by atoms with Crippen molar-refractivity contribution in [3.63, 3.8) is 0 Å². The van der Waals surface area contributed by atoms with Gasteiger partial charge in [0.15, 0.2) is 10.9 Å². The van der Waals surface area contributed by atoms with Gasteiger partial charge in [0.1, 0.15) is 17.1 Å². The summed E-state index contributed by atoms with van der Waals surface area (Å²) < 4.78 is 2.41. The quantitative estimate of drug-likeness (QED) is 0.193. The zero-order valence-electron chi connectivity index (χ0n) is 18.7. The second-order valence-electron chi connectivity index (χ2n) is 8.35. The van der Waals surface area contributed by atoms with Crippen LogP contribution in [0.15, 0.2) is 72.4 Å². The number of benzene rings is 2. The maximum atomic E-state index is 13.5. The second kappa shape index (κ2) is 8.18. The molecule has 0 saturated carbocycles. The molecular formula is C26H17ClN4O4S. The Balaban J connectivity index is 1.62. The van der Waals surface area contributed by atoms with Gasteiger partial charge in [-0.3, -0.25) is 18.9 Å². The van der Waals surface area contributed by atoms with E-state index in [4.69, 9.17) is 11.6 Å². The lowest BCUT2D eigenvalue weighted by Crippen LogP contribution is -2.29. The van der Waals surface area contributed by atoms with Crippen molar-refractivity contribution >= 4 is 61.4 Å². The average molecular weight is 517 g/mol. The van der Waals surface area contributed by atoms with Crippen molar-refractivity contribution in [3.8, 4) is 5.75 Å². The standard InChI is InChI=1S/C26H17ClN4O4S/c1-13-21(30-10-3-2-7-19(30)28-13)23(33)20-22(14-5-4-6-16(32)11-14)31(25(35)24(20)34)26-29-17-9-8-15(27)12-18(17)36-26/h2-12,22,32-33H,1H3. The molecule has 10 heteroatoms. The molecule has 6 rings (SSSR count). The lowest BCUT2D eigenvalue weighted by Gasteiger charge is -2.23. The van der Waals surface area contributed by atoms with Gasteiger partial charge in [-0.1, -0.05) is 41.1 Å². The fourth-order valence-corrected chi connectivity index (χ4v) is 5.82. The molecule has 0 spiro atoms. The van der Waals surface area contributed by atoms with Gasteiger partial charge >= 0.3 is 5.91 Å². The number of imidazole rings is 1. The van der Waals surface area contributed by atoms with Gasteiger partial charge in [-0.15, -0.1) is 0 Å². The molecule has 1 fully saturated rings.